The van der Waals surface area contributed by atoms with Crippen molar-refractivity contribution in [3.8, 4) is 0 Å². The van der Waals surface area contributed by atoms with Crippen molar-refractivity contribution in [2.24, 2.45) is 7.05 Å². The molecule has 7 nitrogen and oxygen atoms in total. The minimum atomic E-state index is -1.13. The Labute approximate surface area is 178 Å². The lowest BCUT2D eigenvalue weighted by Gasteiger charge is -2.39. The number of hydrogen-bond acceptors (Lipinski definition) is 4. The molecule has 0 spiro atoms. The zero-order valence-electron chi connectivity index (χ0n) is 16.5. The maximum Gasteiger partial charge on any atom is 0.352 e. The van der Waals surface area contributed by atoms with Crippen LogP contribution in [0.1, 0.15) is 22.1 Å². The lowest BCUT2D eigenvalue weighted by atomic mass is 10.00. The molecule has 8 heteroatoms. The van der Waals surface area contributed by atoms with Crippen LogP contribution in [0.2, 0.25) is 5.02 Å². The van der Waals surface area contributed by atoms with Crippen molar-refractivity contribution < 1.29 is 19.8 Å². The van der Waals surface area contributed by atoms with Crippen LogP contribution < -0.4 is 4.90 Å². The van der Waals surface area contributed by atoms with Crippen molar-refractivity contribution >= 4 is 40.1 Å². The fourth-order valence-corrected chi connectivity index (χ4v) is 4.44. The van der Waals surface area contributed by atoms with Crippen LogP contribution in [0.3, 0.4) is 0 Å². The van der Waals surface area contributed by atoms with Crippen LogP contribution in [0.4, 0.5) is 5.69 Å². The number of benzene rings is 2. The average Bonchev–Trinajstić information content (AvgIpc) is 3.02. The molecule has 1 fully saturated rings. The summed E-state index contributed by atoms with van der Waals surface area (Å²) in [6.45, 7) is 2.28. The summed E-state index contributed by atoms with van der Waals surface area (Å²) in [6.07, 6.45) is 0. The van der Waals surface area contributed by atoms with Crippen LogP contribution in [0.25, 0.3) is 10.9 Å². The number of halogens is 1. The maximum absolute atomic E-state index is 12.3. The van der Waals surface area contributed by atoms with Gasteiger partial charge in [0.2, 0.25) is 0 Å². The molecular formula is C22H22ClN3O4. The number of aliphatic carboxylic acids is 1. The average molecular weight is 428 g/mol. The highest BCUT2D eigenvalue weighted by molar-refractivity contribution is 6.30. The van der Waals surface area contributed by atoms with Gasteiger partial charge in [0, 0.05) is 60.4 Å². The van der Waals surface area contributed by atoms with Gasteiger partial charge in [0.05, 0.1) is 0 Å². The first kappa shape index (κ1) is 20.3. The highest BCUT2D eigenvalue weighted by atomic mass is 35.5. The molecule has 0 amide bonds. The van der Waals surface area contributed by atoms with Crippen LogP contribution in [-0.2, 0) is 11.8 Å². The molecule has 0 radical (unpaired) electrons. The second-order valence-corrected chi connectivity index (χ2v) is 7.82. The fourth-order valence-electron chi connectivity index (χ4n) is 4.31. The normalized spacial score (nSPS) is 16.0. The van der Waals surface area contributed by atoms with Gasteiger partial charge < -0.3 is 19.7 Å². The Morgan fingerprint density at radius 1 is 0.967 bits per heavy atom. The van der Waals surface area contributed by atoms with Gasteiger partial charge in [-0.15, -0.1) is 0 Å². The lowest BCUT2D eigenvalue weighted by molar-refractivity contribution is -0.143. The first-order chi connectivity index (χ1) is 14.4. The molecule has 4 rings (SSSR count). The maximum atomic E-state index is 12.3. The smallest absolute Gasteiger partial charge is 0.352 e. The molecule has 156 valence electrons. The Hall–Kier alpha value is -3.03. The molecule has 2 aromatic carbocycles. The molecule has 1 aliphatic rings. The van der Waals surface area contributed by atoms with Crippen molar-refractivity contribution in [1.82, 2.24) is 9.47 Å². The van der Waals surface area contributed by atoms with Crippen LogP contribution in [-0.4, -0.2) is 57.8 Å². The van der Waals surface area contributed by atoms with Crippen LogP contribution in [0.5, 0.6) is 0 Å². The summed E-state index contributed by atoms with van der Waals surface area (Å²) in [5.41, 5.74) is 2.09. The van der Waals surface area contributed by atoms with E-state index < -0.39 is 18.0 Å². The number of piperazine rings is 1. The Morgan fingerprint density at radius 2 is 1.60 bits per heavy atom. The third-order valence-corrected chi connectivity index (χ3v) is 5.98. The predicted octanol–water partition coefficient (Wildman–Crippen LogP) is 3.48. The fraction of sp³-hybridized carbons (Fsp3) is 0.273. The Morgan fingerprint density at radius 3 is 2.20 bits per heavy atom. The summed E-state index contributed by atoms with van der Waals surface area (Å²) in [5.74, 6) is -2.18. The van der Waals surface area contributed by atoms with Crippen LogP contribution in [0.15, 0.2) is 48.5 Å². The van der Waals surface area contributed by atoms with Crippen molar-refractivity contribution in [2.45, 2.75) is 6.04 Å². The van der Waals surface area contributed by atoms with Crippen molar-refractivity contribution in [2.75, 3.05) is 31.1 Å². The summed E-state index contributed by atoms with van der Waals surface area (Å²) in [4.78, 5) is 28.4. The SMILES string of the molecule is Cn1c(C(=O)O)c(C(C(=O)O)N2CCN(c3ccc(Cl)cc3)CC2)c2ccccc21. The molecule has 30 heavy (non-hydrogen) atoms. The number of nitrogens with zero attached hydrogens (tertiary/aromatic N) is 3. The molecule has 0 aliphatic carbocycles. The minimum Gasteiger partial charge on any atom is -0.480 e. The monoisotopic (exact) mass is 427 g/mol. The molecular weight excluding hydrogens is 406 g/mol. The third kappa shape index (κ3) is 3.51. The van der Waals surface area contributed by atoms with E-state index in [1.807, 2.05) is 41.3 Å². The summed E-state index contributed by atoms with van der Waals surface area (Å²) >= 11 is 5.97. The van der Waals surface area contributed by atoms with Gasteiger partial charge >= 0.3 is 11.9 Å². The summed E-state index contributed by atoms with van der Waals surface area (Å²) < 4.78 is 1.56. The predicted molar refractivity (Wildman–Crippen MR) is 115 cm³/mol. The van der Waals surface area contributed by atoms with Gasteiger partial charge in [-0.2, -0.15) is 0 Å². The molecule has 1 atom stereocenters. The molecule has 2 N–H and O–H groups in total. The van der Waals surface area contributed by atoms with Gasteiger partial charge in [-0.05, 0) is 30.3 Å². The van der Waals surface area contributed by atoms with Crippen LogP contribution >= 0.6 is 11.6 Å². The topological polar surface area (TPSA) is 86.0 Å². The number of carbonyl (C=O) groups is 2. The van der Waals surface area contributed by atoms with E-state index in [2.05, 4.69) is 4.90 Å². The number of aromatic nitrogens is 1. The zero-order valence-corrected chi connectivity index (χ0v) is 17.2. The van der Waals surface area contributed by atoms with E-state index in [1.54, 1.807) is 23.7 Å². The number of hydrogen-bond donors (Lipinski definition) is 2. The standard InChI is InChI=1S/C22H22ClN3O4/c1-24-17-5-3-2-4-16(17)18(19(24)21(27)28)20(22(29)30)26-12-10-25(11-13-26)15-8-6-14(23)7-9-15/h2-9,20H,10-13H2,1H3,(H,27,28)(H,29,30). The van der Waals surface area contributed by atoms with Gasteiger partial charge in [-0.3, -0.25) is 9.69 Å². The molecule has 0 bridgehead atoms. The van der Waals surface area contributed by atoms with Gasteiger partial charge in [0.15, 0.2) is 0 Å². The number of para-hydroxylation sites is 1. The van der Waals surface area contributed by atoms with Crippen molar-refractivity contribution in [3.05, 3.63) is 64.8 Å². The van der Waals surface area contributed by atoms with E-state index in [9.17, 15) is 19.8 Å². The first-order valence-electron chi connectivity index (χ1n) is 9.66. The molecule has 1 saturated heterocycles. The molecule has 1 unspecified atom stereocenters. The molecule has 3 aromatic rings. The molecule has 0 saturated carbocycles. The second-order valence-electron chi connectivity index (χ2n) is 7.38. The van der Waals surface area contributed by atoms with Crippen molar-refractivity contribution in [3.63, 3.8) is 0 Å². The van der Waals surface area contributed by atoms with E-state index in [0.29, 0.717) is 47.7 Å². The van der Waals surface area contributed by atoms with Crippen LogP contribution in [0, 0.1) is 0 Å². The highest BCUT2D eigenvalue weighted by Crippen LogP contribution is 2.35. The second kappa shape index (κ2) is 8.01. The number of anilines is 1. The number of rotatable bonds is 5. The Balaban J connectivity index is 1.68. The van der Waals surface area contributed by atoms with E-state index in [1.165, 1.54) is 0 Å². The van der Waals surface area contributed by atoms with Gasteiger partial charge in [0.1, 0.15) is 11.7 Å². The molecule has 1 aliphatic heterocycles. The highest BCUT2D eigenvalue weighted by Gasteiger charge is 2.36. The summed E-state index contributed by atoms with van der Waals surface area (Å²) in [5, 5.41) is 21.3. The lowest BCUT2D eigenvalue weighted by Crippen LogP contribution is -2.49. The number of carboxylic acid groups (broad SMARTS) is 2. The number of aromatic carboxylic acids is 1. The molecule has 1 aromatic heterocycles. The quantitative estimate of drug-likeness (QED) is 0.648. The van der Waals surface area contributed by atoms with Gasteiger partial charge in [-0.25, -0.2) is 4.79 Å². The summed E-state index contributed by atoms with van der Waals surface area (Å²) in [7, 11) is 1.66. The third-order valence-electron chi connectivity index (χ3n) is 5.73. The van der Waals surface area contributed by atoms with E-state index in [4.69, 9.17) is 11.6 Å². The summed E-state index contributed by atoms with van der Waals surface area (Å²) in [6, 6.07) is 13.7. The van der Waals surface area contributed by atoms with E-state index in [-0.39, 0.29) is 5.69 Å². The van der Waals surface area contributed by atoms with E-state index in [0.717, 1.165) is 5.69 Å². The number of fused-ring (bicyclic) bond motifs is 1. The van der Waals surface area contributed by atoms with Gasteiger partial charge in [0.25, 0.3) is 0 Å². The number of carboxylic acids is 2. The van der Waals surface area contributed by atoms with Crippen molar-refractivity contribution in [1.29, 1.82) is 0 Å². The Bertz CT molecular complexity index is 1100. The largest absolute Gasteiger partial charge is 0.480 e. The zero-order chi connectivity index (χ0) is 21.4. The number of aryl methyl sites for hydroxylation is 1. The Kier molecular flexibility index (Phi) is 5.40. The van der Waals surface area contributed by atoms with E-state index >= 15 is 0 Å². The molecule has 2 heterocycles. The first-order valence-corrected chi connectivity index (χ1v) is 10.0. The van der Waals surface area contributed by atoms with Gasteiger partial charge in [-0.1, -0.05) is 29.8 Å². The minimum absolute atomic E-state index is 0.0173.